The molecule has 3 rings (SSSR count). The Morgan fingerprint density at radius 3 is 2.61 bits per heavy atom. The van der Waals surface area contributed by atoms with Gasteiger partial charge in [0, 0.05) is 38.5 Å². The average Bonchev–Trinajstić information content (AvgIpc) is 3.10. The largest absolute Gasteiger partial charge is 0.340 e. The lowest BCUT2D eigenvalue weighted by atomic mass is 10.3. The Labute approximate surface area is 138 Å². The van der Waals surface area contributed by atoms with E-state index < -0.39 is 0 Å². The quantitative estimate of drug-likeness (QED) is 0.868. The molecule has 1 amide bonds. The van der Waals surface area contributed by atoms with E-state index in [4.69, 9.17) is 4.52 Å². The normalized spacial score (nSPS) is 16.6. The molecule has 124 valence electrons. The number of hydrogen-bond acceptors (Lipinski definition) is 8. The van der Waals surface area contributed by atoms with Crippen molar-refractivity contribution in [2.24, 2.45) is 0 Å². The van der Waals surface area contributed by atoms with E-state index in [0.717, 1.165) is 31.9 Å². The fraction of sp³-hybridized carbons (Fsp3) is 0.571. The molecule has 0 bridgehead atoms. The third-order valence-corrected chi connectivity index (χ3v) is 4.51. The zero-order valence-corrected chi connectivity index (χ0v) is 14.1. The average molecular weight is 336 g/mol. The van der Waals surface area contributed by atoms with Gasteiger partial charge in [0.2, 0.25) is 11.8 Å². The van der Waals surface area contributed by atoms with Gasteiger partial charge >= 0.3 is 0 Å². The van der Waals surface area contributed by atoms with Gasteiger partial charge in [0.05, 0.1) is 18.8 Å². The van der Waals surface area contributed by atoms with Gasteiger partial charge < -0.3 is 9.84 Å². The smallest absolute Gasteiger partial charge is 0.240 e. The number of carbonyl (C=O) groups excluding carboxylic acids is 1. The molecule has 1 aliphatic heterocycles. The van der Waals surface area contributed by atoms with Crippen LogP contribution in [0, 0.1) is 13.8 Å². The summed E-state index contributed by atoms with van der Waals surface area (Å²) in [6.07, 6.45) is 0. The summed E-state index contributed by atoms with van der Waals surface area (Å²) in [5, 5.41) is 9.35. The van der Waals surface area contributed by atoms with E-state index >= 15 is 0 Å². The van der Waals surface area contributed by atoms with Gasteiger partial charge in [0.1, 0.15) is 0 Å². The second kappa shape index (κ2) is 7.16. The fourth-order valence-corrected chi connectivity index (χ4v) is 3.19. The van der Waals surface area contributed by atoms with Crippen LogP contribution in [0.3, 0.4) is 0 Å². The van der Waals surface area contributed by atoms with Crippen LogP contribution in [-0.4, -0.2) is 63.6 Å². The summed E-state index contributed by atoms with van der Waals surface area (Å²) in [4.78, 5) is 24.9. The summed E-state index contributed by atoms with van der Waals surface area (Å²) in [6.45, 7) is 8.26. The topological polar surface area (TPSA) is 87.4 Å². The molecule has 0 radical (unpaired) electrons. The molecule has 2 aromatic heterocycles. The van der Waals surface area contributed by atoms with Crippen LogP contribution >= 0.6 is 11.3 Å². The summed E-state index contributed by atoms with van der Waals surface area (Å²) in [7, 11) is 0. The number of carbonyl (C=O) groups is 1. The second-order valence-electron chi connectivity index (χ2n) is 5.62. The van der Waals surface area contributed by atoms with Crippen molar-refractivity contribution in [2.75, 3.05) is 38.0 Å². The molecule has 1 aliphatic rings. The maximum atomic E-state index is 12.0. The van der Waals surface area contributed by atoms with Crippen LogP contribution in [0.5, 0.6) is 0 Å². The number of nitrogens with one attached hydrogen (secondary N) is 1. The lowest BCUT2D eigenvalue weighted by Gasteiger charge is -2.33. The number of nitrogens with zero attached hydrogens (tertiary/aromatic N) is 5. The first-order valence-corrected chi connectivity index (χ1v) is 8.42. The molecular formula is C14H20N6O2S. The van der Waals surface area contributed by atoms with Crippen molar-refractivity contribution in [1.82, 2.24) is 24.9 Å². The predicted molar refractivity (Wildman–Crippen MR) is 86.2 cm³/mol. The van der Waals surface area contributed by atoms with Crippen molar-refractivity contribution in [3.8, 4) is 0 Å². The van der Waals surface area contributed by atoms with Crippen LogP contribution in [-0.2, 0) is 11.3 Å². The van der Waals surface area contributed by atoms with Crippen LogP contribution in [0.2, 0.25) is 0 Å². The van der Waals surface area contributed by atoms with Crippen LogP contribution in [0.25, 0.3) is 0 Å². The Morgan fingerprint density at radius 1 is 1.26 bits per heavy atom. The van der Waals surface area contributed by atoms with E-state index in [9.17, 15) is 4.79 Å². The van der Waals surface area contributed by atoms with Crippen molar-refractivity contribution >= 4 is 22.4 Å². The molecule has 2 aromatic rings. The molecule has 8 nitrogen and oxygen atoms in total. The Balaban J connectivity index is 1.41. The standard InChI is InChI=1S/C14H20N6O2S/c1-10-9-23-14(15-10)17-13(21)8-20-5-3-19(4-6-20)7-12-16-11(2)22-18-12/h9H,3-8H2,1-2H3,(H,15,17,21). The SMILES string of the molecule is Cc1csc(NC(=O)CN2CCN(Cc3noc(C)n3)CC2)n1. The number of piperazine rings is 1. The van der Waals surface area contributed by atoms with Gasteiger partial charge in [-0.15, -0.1) is 11.3 Å². The van der Waals surface area contributed by atoms with E-state index in [2.05, 4.69) is 30.2 Å². The van der Waals surface area contributed by atoms with Gasteiger partial charge in [0.25, 0.3) is 0 Å². The molecule has 9 heteroatoms. The van der Waals surface area contributed by atoms with E-state index in [1.54, 1.807) is 6.92 Å². The zero-order valence-electron chi connectivity index (χ0n) is 13.3. The molecule has 0 unspecified atom stereocenters. The third kappa shape index (κ3) is 4.57. The highest BCUT2D eigenvalue weighted by Crippen LogP contribution is 2.14. The van der Waals surface area contributed by atoms with E-state index in [0.29, 0.717) is 29.9 Å². The predicted octanol–water partition coefficient (Wildman–Crippen LogP) is 0.899. The first-order chi connectivity index (χ1) is 11.1. The van der Waals surface area contributed by atoms with E-state index in [1.807, 2.05) is 12.3 Å². The van der Waals surface area contributed by atoms with Crippen molar-refractivity contribution in [3.63, 3.8) is 0 Å². The number of anilines is 1. The van der Waals surface area contributed by atoms with Crippen LogP contribution in [0.4, 0.5) is 5.13 Å². The maximum Gasteiger partial charge on any atom is 0.240 e. The van der Waals surface area contributed by atoms with Gasteiger partial charge in [-0.2, -0.15) is 4.98 Å². The number of amides is 1. The van der Waals surface area contributed by atoms with Gasteiger partial charge in [-0.3, -0.25) is 14.6 Å². The number of aromatic nitrogens is 3. The molecular weight excluding hydrogens is 316 g/mol. The Morgan fingerprint density at radius 2 is 2.00 bits per heavy atom. The van der Waals surface area contributed by atoms with Crippen LogP contribution in [0.1, 0.15) is 17.4 Å². The monoisotopic (exact) mass is 336 g/mol. The summed E-state index contributed by atoms with van der Waals surface area (Å²) in [6, 6.07) is 0. The minimum Gasteiger partial charge on any atom is -0.340 e. The van der Waals surface area contributed by atoms with Gasteiger partial charge in [-0.05, 0) is 6.92 Å². The first kappa shape index (κ1) is 16.0. The number of thiazole rings is 1. The fourth-order valence-electron chi connectivity index (χ4n) is 2.48. The summed E-state index contributed by atoms with van der Waals surface area (Å²) < 4.78 is 4.98. The number of rotatable bonds is 5. The Kier molecular flexibility index (Phi) is 4.99. The molecule has 0 spiro atoms. The lowest BCUT2D eigenvalue weighted by Crippen LogP contribution is -2.48. The minimum absolute atomic E-state index is 0.0124. The minimum atomic E-state index is -0.0124. The van der Waals surface area contributed by atoms with Crippen LogP contribution in [0.15, 0.2) is 9.90 Å². The van der Waals surface area contributed by atoms with E-state index in [-0.39, 0.29) is 5.91 Å². The summed E-state index contributed by atoms with van der Waals surface area (Å²) in [5.41, 5.74) is 0.926. The Hall–Kier alpha value is -1.84. The second-order valence-corrected chi connectivity index (χ2v) is 6.48. The third-order valence-electron chi connectivity index (χ3n) is 3.63. The van der Waals surface area contributed by atoms with Gasteiger partial charge in [-0.1, -0.05) is 5.16 Å². The highest BCUT2D eigenvalue weighted by Gasteiger charge is 2.20. The molecule has 1 fully saturated rings. The maximum absolute atomic E-state index is 12.0. The molecule has 1 saturated heterocycles. The van der Waals surface area contributed by atoms with Crippen molar-refractivity contribution in [2.45, 2.75) is 20.4 Å². The van der Waals surface area contributed by atoms with Gasteiger partial charge in [-0.25, -0.2) is 4.98 Å². The molecule has 0 aliphatic carbocycles. The van der Waals surface area contributed by atoms with Gasteiger partial charge in [0.15, 0.2) is 11.0 Å². The molecule has 0 saturated carbocycles. The number of aryl methyl sites for hydroxylation is 2. The summed E-state index contributed by atoms with van der Waals surface area (Å²) in [5.74, 6) is 1.29. The molecule has 1 N–H and O–H groups in total. The highest BCUT2D eigenvalue weighted by atomic mass is 32.1. The molecule has 23 heavy (non-hydrogen) atoms. The first-order valence-electron chi connectivity index (χ1n) is 7.54. The zero-order chi connectivity index (χ0) is 16.2. The van der Waals surface area contributed by atoms with Crippen LogP contribution < -0.4 is 5.32 Å². The van der Waals surface area contributed by atoms with Crippen molar-refractivity contribution < 1.29 is 9.32 Å². The Bertz CT molecular complexity index is 662. The number of hydrogen-bond donors (Lipinski definition) is 1. The van der Waals surface area contributed by atoms with E-state index in [1.165, 1.54) is 11.3 Å². The van der Waals surface area contributed by atoms with Crippen molar-refractivity contribution in [3.05, 3.63) is 22.8 Å². The summed E-state index contributed by atoms with van der Waals surface area (Å²) >= 11 is 1.45. The molecule has 0 atom stereocenters. The molecule has 3 heterocycles. The lowest BCUT2D eigenvalue weighted by molar-refractivity contribution is -0.117. The highest BCUT2D eigenvalue weighted by molar-refractivity contribution is 7.13. The molecule has 0 aromatic carbocycles. The van der Waals surface area contributed by atoms with Crippen molar-refractivity contribution in [1.29, 1.82) is 0 Å².